The van der Waals surface area contributed by atoms with Gasteiger partial charge in [-0.2, -0.15) is 0 Å². The predicted molar refractivity (Wildman–Crippen MR) is 132 cm³/mol. The van der Waals surface area contributed by atoms with E-state index in [2.05, 4.69) is 0 Å². The Morgan fingerprint density at radius 1 is 1.18 bits per heavy atom. The maximum atomic E-state index is 13.8. The van der Waals surface area contributed by atoms with Crippen molar-refractivity contribution in [3.05, 3.63) is 95.7 Å². The molecule has 6 nitrogen and oxygen atoms in total. The third-order valence-corrected chi connectivity index (χ3v) is 7.86. The summed E-state index contributed by atoms with van der Waals surface area (Å²) < 4.78 is 16.4. The molecule has 0 saturated carbocycles. The molecule has 0 N–H and O–H groups in total. The van der Waals surface area contributed by atoms with E-state index in [1.54, 1.807) is 23.1 Å². The topological polar surface area (TPSA) is 64.3 Å². The molecule has 0 radical (unpaired) electrons. The average Bonchev–Trinajstić information content (AvgIpc) is 3.18. The van der Waals surface area contributed by atoms with Crippen LogP contribution in [0, 0.1) is 12.7 Å². The third-order valence-electron chi connectivity index (χ3n) is 6.27. The van der Waals surface area contributed by atoms with Gasteiger partial charge in [0, 0.05) is 23.4 Å². The van der Waals surface area contributed by atoms with Crippen LogP contribution in [-0.2, 0) is 24.3 Å². The molecule has 0 aliphatic carbocycles. The zero-order chi connectivity index (χ0) is 24.1. The van der Waals surface area contributed by atoms with Crippen LogP contribution in [0.25, 0.3) is 15.9 Å². The number of nitrogens with zero attached hydrogens (tertiary/aromatic N) is 3. The Balaban J connectivity index is 1.82. The summed E-state index contributed by atoms with van der Waals surface area (Å²) in [5.74, 6) is -0.497. The molecule has 174 valence electrons. The van der Waals surface area contributed by atoms with Gasteiger partial charge in [-0.3, -0.25) is 14.2 Å². The molecule has 5 rings (SSSR count). The standard InChI is InChI=1S/C25H21ClFN3O3S/c1-14-5-3-4-6-20(14)30-23(32)22-18-9-10-28(15(2)31)13-21(18)34-24(22)29(25(30)33)12-16-7-8-17(27)11-19(16)26/h3-8,11H,9-10,12-13H2,1-2H3. The lowest BCUT2D eigenvalue weighted by Gasteiger charge is -2.25. The first-order valence-electron chi connectivity index (χ1n) is 10.8. The van der Waals surface area contributed by atoms with E-state index in [0.717, 1.165) is 16.0 Å². The van der Waals surface area contributed by atoms with Gasteiger partial charge in [0.25, 0.3) is 5.56 Å². The van der Waals surface area contributed by atoms with Gasteiger partial charge < -0.3 is 4.90 Å². The minimum atomic E-state index is -0.491. The molecule has 9 heteroatoms. The molecule has 2 aromatic carbocycles. The van der Waals surface area contributed by atoms with Gasteiger partial charge in [0.05, 0.1) is 24.2 Å². The Kier molecular flexibility index (Phi) is 5.65. The van der Waals surface area contributed by atoms with Crippen LogP contribution >= 0.6 is 22.9 Å². The first kappa shape index (κ1) is 22.6. The SMILES string of the molecule is CC(=O)N1CCc2c(sc3c2c(=O)n(-c2ccccc2C)c(=O)n3Cc2ccc(F)cc2Cl)C1. The van der Waals surface area contributed by atoms with E-state index in [1.165, 1.54) is 39.5 Å². The number of thiophene rings is 1. The lowest BCUT2D eigenvalue weighted by Crippen LogP contribution is -2.39. The number of fused-ring (bicyclic) bond motifs is 3. The van der Waals surface area contributed by atoms with Crippen LogP contribution in [0.3, 0.4) is 0 Å². The van der Waals surface area contributed by atoms with Gasteiger partial charge in [-0.25, -0.2) is 13.8 Å². The van der Waals surface area contributed by atoms with Crippen LogP contribution < -0.4 is 11.2 Å². The van der Waals surface area contributed by atoms with E-state index in [1.807, 2.05) is 19.1 Å². The van der Waals surface area contributed by atoms with E-state index in [4.69, 9.17) is 11.6 Å². The minimum absolute atomic E-state index is 0.0316. The number of rotatable bonds is 3. The number of hydrogen-bond acceptors (Lipinski definition) is 4. The molecule has 0 fully saturated rings. The van der Waals surface area contributed by atoms with Crippen molar-refractivity contribution in [2.45, 2.75) is 33.4 Å². The lowest BCUT2D eigenvalue weighted by atomic mass is 10.1. The van der Waals surface area contributed by atoms with Gasteiger partial charge in [-0.05, 0) is 48.2 Å². The van der Waals surface area contributed by atoms with Crippen LogP contribution in [-0.4, -0.2) is 26.5 Å². The molecule has 0 spiro atoms. The lowest BCUT2D eigenvalue weighted by molar-refractivity contribution is -0.129. The molecular formula is C25H21ClFN3O3S. The largest absolute Gasteiger partial charge is 0.337 e. The maximum absolute atomic E-state index is 13.8. The van der Waals surface area contributed by atoms with Crippen molar-refractivity contribution >= 4 is 39.1 Å². The molecule has 0 bridgehead atoms. The highest BCUT2D eigenvalue weighted by Gasteiger charge is 2.28. The number of carbonyl (C=O) groups is 1. The zero-order valence-corrected chi connectivity index (χ0v) is 20.2. The van der Waals surface area contributed by atoms with Crippen molar-refractivity contribution in [1.82, 2.24) is 14.0 Å². The summed E-state index contributed by atoms with van der Waals surface area (Å²) in [6.45, 7) is 4.37. The van der Waals surface area contributed by atoms with E-state index < -0.39 is 11.5 Å². The molecule has 0 unspecified atom stereocenters. The van der Waals surface area contributed by atoms with Gasteiger partial charge in [0.15, 0.2) is 0 Å². The highest BCUT2D eigenvalue weighted by atomic mass is 35.5. The van der Waals surface area contributed by atoms with Gasteiger partial charge in [-0.15, -0.1) is 11.3 Å². The van der Waals surface area contributed by atoms with Crippen LogP contribution in [0.4, 0.5) is 4.39 Å². The number of hydrogen-bond donors (Lipinski definition) is 0. The van der Waals surface area contributed by atoms with E-state index >= 15 is 0 Å². The van der Waals surface area contributed by atoms with Crippen LogP contribution in [0.5, 0.6) is 0 Å². The minimum Gasteiger partial charge on any atom is -0.337 e. The molecule has 1 aliphatic rings. The number of amides is 1. The van der Waals surface area contributed by atoms with Crippen LogP contribution in [0.2, 0.25) is 5.02 Å². The number of benzene rings is 2. The summed E-state index contributed by atoms with van der Waals surface area (Å²) in [7, 11) is 0. The smallest absolute Gasteiger partial charge is 0.337 e. The van der Waals surface area contributed by atoms with Crippen molar-refractivity contribution < 1.29 is 9.18 Å². The number of aryl methyl sites for hydroxylation is 1. The Labute approximate surface area is 203 Å². The molecule has 4 aromatic rings. The monoisotopic (exact) mass is 497 g/mol. The highest BCUT2D eigenvalue weighted by molar-refractivity contribution is 7.18. The highest BCUT2D eigenvalue weighted by Crippen LogP contribution is 2.34. The Morgan fingerprint density at radius 3 is 2.65 bits per heavy atom. The van der Waals surface area contributed by atoms with Crippen molar-refractivity contribution in [3.8, 4) is 5.69 Å². The molecule has 34 heavy (non-hydrogen) atoms. The van der Waals surface area contributed by atoms with E-state index in [9.17, 15) is 18.8 Å². The first-order valence-corrected chi connectivity index (χ1v) is 12.0. The average molecular weight is 498 g/mol. The second-order valence-corrected chi connectivity index (χ2v) is 9.90. The fourth-order valence-electron chi connectivity index (χ4n) is 4.46. The Bertz CT molecular complexity index is 1590. The molecule has 2 aromatic heterocycles. The number of carbonyl (C=O) groups excluding carboxylic acids is 1. The second-order valence-electron chi connectivity index (χ2n) is 8.41. The van der Waals surface area contributed by atoms with Gasteiger partial charge in [0.2, 0.25) is 5.91 Å². The van der Waals surface area contributed by atoms with Crippen LogP contribution in [0.15, 0.2) is 52.1 Å². The van der Waals surface area contributed by atoms with Crippen molar-refractivity contribution in [2.24, 2.45) is 0 Å². The van der Waals surface area contributed by atoms with Crippen molar-refractivity contribution in [3.63, 3.8) is 0 Å². The summed E-state index contributed by atoms with van der Waals surface area (Å²) in [4.78, 5) is 42.7. The molecule has 0 atom stereocenters. The molecule has 1 aliphatic heterocycles. The van der Waals surface area contributed by atoms with Crippen molar-refractivity contribution in [1.29, 1.82) is 0 Å². The second kappa shape index (κ2) is 8.52. The van der Waals surface area contributed by atoms with Crippen LogP contribution in [0.1, 0.15) is 28.5 Å². The molecular weight excluding hydrogens is 477 g/mol. The van der Waals surface area contributed by atoms with E-state index in [-0.39, 0.29) is 23.0 Å². The number of aromatic nitrogens is 2. The van der Waals surface area contributed by atoms with Gasteiger partial charge in [0.1, 0.15) is 10.6 Å². The van der Waals surface area contributed by atoms with Crippen molar-refractivity contribution in [2.75, 3.05) is 6.54 Å². The normalized spacial score (nSPS) is 13.4. The Morgan fingerprint density at radius 2 is 1.94 bits per heavy atom. The zero-order valence-electron chi connectivity index (χ0n) is 18.6. The summed E-state index contributed by atoms with van der Waals surface area (Å²) in [5.41, 5.74) is 1.89. The summed E-state index contributed by atoms with van der Waals surface area (Å²) in [5, 5.41) is 0.696. The summed E-state index contributed by atoms with van der Waals surface area (Å²) >= 11 is 7.64. The summed E-state index contributed by atoms with van der Waals surface area (Å²) in [6.07, 6.45) is 0.535. The third kappa shape index (κ3) is 3.67. The Hall–Kier alpha value is -3.23. The first-order chi connectivity index (χ1) is 16.3. The number of halogens is 2. The quantitative estimate of drug-likeness (QED) is 0.424. The fourth-order valence-corrected chi connectivity index (χ4v) is 6.03. The predicted octanol–water partition coefficient (Wildman–Crippen LogP) is 4.27. The molecule has 3 heterocycles. The maximum Gasteiger partial charge on any atom is 0.337 e. The van der Waals surface area contributed by atoms with E-state index in [0.29, 0.717) is 41.0 Å². The fraction of sp³-hybridized carbons (Fsp3) is 0.240. The van der Waals surface area contributed by atoms with Gasteiger partial charge in [-0.1, -0.05) is 35.9 Å². The number of para-hydroxylation sites is 1. The molecule has 1 amide bonds. The van der Waals surface area contributed by atoms with Gasteiger partial charge >= 0.3 is 5.69 Å². The summed E-state index contributed by atoms with van der Waals surface area (Å²) in [6, 6.07) is 11.3. The molecule has 0 saturated heterocycles.